The minimum atomic E-state index is 0.710. The highest BCUT2D eigenvalue weighted by Crippen LogP contribution is 2.23. The highest BCUT2D eigenvalue weighted by atomic mass is 16.5. The average molecular weight is 209 g/mol. The van der Waals surface area contributed by atoms with Crippen molar-refractivity contribution in [2.45, 2.75) is 51.6 Å². The van der Waals surface area contributed by atoms with Crippen LogP contribution < -0.4 is 0 Å². The molecule has 0 aliphatic heterocycles. The third-order valence-corrected chi connectivity index (χ3v) is 3.16. The molecule has 15 heavy (non-hydrogen) atoms. The molecule has 0 spiro atoms. The predicted octanol–water partition coefficient (Wildman–Crippen LogP) is 2.01. The Morgan fingerprint density at radius 2 is 2.13 bits per heavy atom. The number of rotatable bonds is 4. The van der Waals surface area contributed by atoms with E-state index in [0.29, 0.717) is 6.04 Å². The van der Waals surface area contributed by atoms with Crippen molar-refractivity contribution in [3.8, 4) is 0 Å². The maximum absolute atomic E-state index is 5.18. The minimum Gasteiger partial charge on any atom is -0.338 e. The SMILES string of the molecule is CCc1noc(CN(C)C2CCCC2)n1. The Morgan fingerprint density at radius 3 is 2.73 bits per heavy atom. The molecule has 1 heterocycles. The van der Waals surface area contributed by atoms with E-state index in [4.69, 9.17) is 4.52 Å². The Morgan fingerprint density at radius 1 is 1.40 bits per heavy atom. The lowest BCUT2D eigenvalue weighted by Crippen LogP contribution is -2.28. The molecule has 1 aliphatic carbocycles. The van der Waals surface area contributed by atoms with Crippen LogP contribution in [0.4, 0.5) is 0 Å². The Balaban J connectivity index is 1.89. The molecule has 84 valence electrons. The number of hydrogen-bond donors (Lipinski definition) is 0. The zero-order valence-electron chi connectivity index (χ0n) is 9.57. The Labute approximate surface area is 90.7 Å². The lowest BCUT2D eigenvalue weighted by molar-refractivity contribution is 0.205. The van der Waals surface area contributed by atoms with Crippen LogP contribution in [-0.4, -0.2) is 28.1 Å². The van der Waals surface area contributed by atoms with Gasteiger partial charge in [-0.2, -0.15) is 4.98 Å². The van der Waals surface area contributed by atoms with Crippen LogP contribution in [0, 0.1) is 0 Å². The zero-order valence-corrected chi connectivity index (χ0v) is 9.57. The van der Waals surface area contributed by atoms with Crippen molar-refractivity contribution in [1.82, 2.24) is 15.0 Å². The first kappa shape index (κ1) is 10.6. The molecular weight excluding hydrogens is 190 g/mol. The number of aryl methyl sites for hydroxylation is 1. The molecule has 0 bridgehead atoms. The fraction of sp³-hybridized carbons (Fsp3) is 0.818. The van der Waals surface area contributed by atoms with E-state index in [1.54, 1.807) is 0 Å². The molecule has 2 rings (SSSR count). The smallest absolute Gasteiger partial charge is 0.240 e. The van der Waals surface area contributed by atoms with Crippen LogP contribution in [-0.2, 0) is 13.0 Å². The van der Waals surface area contributed by atoms with Gasteiger partial charge in [-0.05, 0) is 19.9 Å². The highest BCUT2D eigenvalue weighted by molar-refractivity contribution is 4.87. The fourth-order valence-electron chi connectivity index (χ4n) is 2.19. The lowest BCUT2D eigenvalue weighted by Gasteiger charge is -2.21. The molecule has 0 radical (unpaired) electrons. The molecule has 0 unspecified atom stereocenters. The van der Waals surface area contributed by atoms with Gasteiger partial charge in [-0.3, -0.25) is 4.90 Å². The van der Waals surface area contributed by atoms with Gasteiger partial charge in [0.2, 0.25) is 5.89 Å². The van der Waals surface area contributed by atoms with E-state index in [9.17, 15) is 0 Å². The van der Waals surface area contributed by atoms with E-state index in [-0.39, 0.29) is 0 Å². The summed E-state index contributed by atoms with van der Waals surface area (Å²) in [5.41, 5.74) is 0. The molecule has 1 aromatic heterocycles. The van der Waals surface area contributed by atoms with Crippen LogP contribution in [0.15, 0.2) is 4.52 Å². The van der Waals surface area contributed by atoms with Gasteiger partial charge < -0.3 is 4.52 Å². The van der Waals surface area contributed by atoms with Crippen molar-refractivity contribution in [1.29, 1.82) is 0 Å². The summed E-state index contributed by atoms with van der Waals surface area (Å²) >= 11 is 0. The molecule has 0 N–H and O–H groups in total. The Hall–Kier alpha value is -0.900. The van der Waals surface area contributed by atoms with Crippen molar-refractivity contribution >= 4 is 0 Å². The summed E-state index contributed by atoms with van der Waals surface area (Å²) in [6.45, 7) is 2.83. The molecule has 1 aromatic rings. The molecular formula is C11H19N3O. The molecule has 4 nitrogen and oxygen atoms in total. The van der Waals surface area contributed by atoms with Crippen LogP contribution in [0.5, 0.6) is 0 Å². The summed E-state index contributed by atoms with van der Waals surface area (Å²) in [7, 11) is 2.14. The van der Waals surface area contributed by atoms with Crippen LogP contribution in [0.1, 0.15) is 44.3 Å². The summed E-state index contributed by atoms with van der Waals surface area (Å²) in [5, 5.41) is 3.90. The van der Waals surface area contributed by atoms with Gasteiger partial charge in [0, 0.05) is 12.5 Å². The topological polar surface area (TPSA) is 42.2 Å². The van der Waals surface area contributed by atoms with Gasteiger partial charge in [0.1, 0.15) is 0 Å². The second-order valence-electron chi connectivity index (χ2n) is 4.31. The second-order valence-corrected chi connectivity index (χ2v) is 4.31. The average Bonchev–Trinajstić information content (AvgIpc) is 2.87. The first-order valence-corrected chi connectivity index (χ1v) is 5.81. The van der Waals surface area contributed by atoms with Crippen LogP contribution in [0.25, 0.3) is 0 Å². The van der Waals surface area contributed by atoms with Crippen LogP contribution in [0.2, 0.25) is 0 Å². The lowest BCUT2D eigenvalue weighted by atomic mass is 10.2. The van der Waals surface area contributed by atoms with Gasteiger partial charge in [0.25, 0.3) is 0 Å². The van der Waals surface area contributed by atoms with Gasteiger partial charge in [0.05, 0.1) is 6.54 Å². The zero-order chi connectivity index (χ0) is 10.7. The maximum atomic E-state index is 5.18. The maximum Gasteiger partial charge on any atom is 0.240 e. The molecule has 0 aromatic carbocycles. The first-order valence-electron chi connectivity index (χ1n) is 5.81. The van der Waals surface area contributed by atoms with Crippen molar-refractivity contribution in [2.24, 2.45) is 0 Å². The molecule has 0 amide bonds. The quantitative estimate of drug-likeness (QED) is 0.760. The summed E-state index contributed by atoms with van der Waals surface area (Å²) in [4.78, 5) is 6.65. The molecule has 1 fully saturated rings. The first-order chi connectivity index (χ1) is 7.29. The van der Waals surface area contributed by atoms with Gasteiger partial charge in [-0.25, -0.2) is 0 Å². The standard InChI is InChI=1S/C11H19N3O/c1-3-10-12-11(15-13-10)8-14(2)9-6-4-5-7-9/h9H,3-8H2,1-2H3. The third-order valence-electron chi connectivity index (χ3n) is 3.16. The van der Waals surface area contributed by atoms with Crippen molar-refractivity contribution < 1.29 is 4.52 Å². The molecule has 1 aliphatic rings. The van der Waals surface area contributed by atoms with Crippen LogP contribution in [0.3, 0.4) is 0 Å². The molecule has 0 saturated heterocycles. The number of hydrogen-bond acceptors (Lipinski definition) is 4. The molecule has 1 saturated carbocycles. The second kappa shape index (κ2) is 4.75. The summed E-state index contributed by atoms with van der Waals surface area (Å²) in [6.07, 6.45) is 6.19. The van der Waals surface area contributed by atoms with E-state index in [2.05, 4.69) is 22.1 Å². The Kier molecular flexibility index (Phi) is 3.36. The summed E-state index contributed by atoms with van der Waals surface area (Å²) < 4.78 is 5.18. The van der Waals surface area contributed by atoms with E-state index < -0.39 is 0 Å². The molecule has 0 atom stereocenters. The summed E-state index contributed by atoms with van der Waals surface area (Å²) in [5.74, 6) is 1.56. The van der Waals surface area contributed by atoms with Gasteiger partial charge >= 0.3 is 0 Å². The minimum absolute atomic E-state index is 0.710. The van der Waals surface area contributed by atoms with Crippen molar-refractivity contribution in [2.75, 3.05) is 7.05 Å². The van der Waals surface area contributed by atoms with Gasteiger partial charge in [0.15, 0.2) is 5.82 Å². The van der Waals surface area contributed by atoms with Crippen molar-refractivity contribution in [3.63, 3.8) is 0 Å². The molecule has 4 heteroatoms. The summed E-state index contributed by atoms with van der Waals surface area (Å²) in [6, 6.07) is 0.710. The largest absolute Gasteiger partial charge is 0.338 e. The highest BCUT2D eigenvalue weighted by Gasteiger charge is 2.20. The third kappa shape index (κ3) is 2.56. The van der Waals surface area contributed by atoms with Crippen LogP contribution >= 0.6 is 0 Å². The van der Waals surface area contributed by atoms with E-state index >= 15 is 0 Å². The van der Waals surface area contributed by atoms with E-state index in [1.807, 2.05) is 6.92 Å². The number of nitrogens with zero attached hydrogens (tertiary/aromatic N) is 3. The van der Waals surface area contributed by atoms with E-state index in [0.717, 1.165) is 24.7 Å². The fourth-order valence-corrected chi connectivity index (χ4v) is 2.19. The van der Waals surface area contributed by atoms with Crippen molar-refractivity contribution in [3.05, 3.63) is 11.7 Å². The Bertz CT molecular complexity index is 305. The monoisotopic (exact) mass is 209 g/mol. The van der Waals surface area contributed by atoms with Gasteiger partial charge in [-0.15, -0.1) is 0 Å². The normalized spacial score (nSPS) is 17.8. The predicted molar refractivity (Wildman–Crippen MR) is 57.4 cm³/mol. The van der Waals surface area contributed by atoms with E-state index in [1.165, 1.54) is 25.7 Å². The van der Waals surface area contributed by atoms with Gasteiger partial charge in [-0.1, -0.05) is 24.9 Å². The number of aromatic nitrogens is 2.